The highest BCUT2D eigenvalue weighted by Crippen LogP contribution is 2.38. The summed E-state index contributed by atoms with van der Waals surface area (Å²) in [5.74, 6) is -1.80. The predicted octanol–water partition coefficient (Wildman–Crippen LogP) is 1.99. The van der Waals surface area contributed by atoms with Crippen molar-refractivity contribution in [2.45, 2.75) is 31.3 Å². The third-order valence-electron chi connectivity index (χ3n) is 3.69. The van der Waals surface area contributed by atoms with Gasteiger partial charge in [-0.15, -0.1) is 0 Å². The van der Waals surface area contributed by atoms with Crippen LogP contribution in [0.4, 0.5) is 5.69 Å². The normalized spacial score (nSPS) is 16.2. The van der Waals surface area contributed by atoms with E-state index < -0.39 is 5.97 Å². The van der Waals surface area contributed by atoms with Crippen LogP contribution in [0.25, 0.3) is 0 Å². The van der Waals surface area contributed by atoms with Gasteiger partial charge in [0.1, 0.15) is 11.3 Å². The van der Waals surface area contributed by atoms with Gasteiger partial charge in [0.25, 0.3) is 0 Å². The number of aromatic carboxylic acids is 1. The molecule has 1 aromatic rings. The lowest BCUT2D eigenvalue weighted by Gasteiger charge is -2.39. The first kappa shape index (κ1) is 14.3. The largest absolute Gasteiger partial charge is 0.507 e. The van der Waals surface area contributed by atoms with Crippen molar-refractivity contribution in [2.24, 2.45) is 0 Å². The number of benzene rings is 1. The summed E-state index contributed by atoms with van der Waals surface area (Å²) in [7, 11) is 1.60. The van der Waals surface area contributed by atoms with Crippen molar-refractivity contribution in [1.29, 1.82) is 0 Å². The molecule has 1 aliphatic carbocycles. The Balaban J connectivity index is 2.01. The molecule has 20 heavy (non-hydrogen) atoms. The van der Waals surface area contributed by atoms with Gasteiger partial charge < -0.3 is 20.3 Å². The number of carboxylic acids is 1. The van der Waals surface area contributed by atoms with Crippen LogP contribution in [0.3, 0.4) is 0 Å². The number of aromatic hydroxyl groups is 1. The van der Waals surface area contributed by atoms with E-state index in [1.54, 1.807) is 7.11 Å². The highest BCUT2D eigenvalue weighted by atomic mass is 16.5. The lowest BCUT2D eigenvalue weighted by atomic mass is 9.77. The predicted molar refractivity (Wildman–Crippen MR) is 71.9 cm³/mol. The summed E-state index contributed by atoms with van der Waals surface area (Å²) < 4.78 is 5.37. The lowest BCUT2D eigenvalue weighted by molar-refractivity contribution is -0.129. The van der Waals surface area contributed by atoms with Gasteiger partial charge in [-0.1, -0.05) is 0 Å². The molecule has 0 atom stereocenters. The van der Waals surface area contributed by atoms with Crippen molar-refractivity contribution in [3.8, 4) is 5.75 Å². The number of phenols is 1. The second-order valence-electron chi connectivity index (χ2n) is 5.00. The quantitative estimate of drug-likeness (QED) is 0.766. The molecule has 0 aliphatic heterocycles. The monoisotopic (exact) mass is 279 g/mol. The minimum Gasteiger partial charge on any atom is -0.507 e. The zero-order chi connectivity index (χ0) is 14.8. The number of hydrogen-bond donors (Lipinski definition) is 3. The van der Waals surface area contributed by atoms with E-state index in [0.717, 1.165) is 19.3 Å². The van der Waals surface area contributed by atoms with Gasteiger partial charge in [0.05, 0.1) is 12.0 Å². The van der Waals surface area contributed by atoms with Gasteiger partial charge in [-0.05, 0) is 31.4 Å². The van der Waals surface area contributed by atoms with E-state index in [4.69, 9.17) is 9.84 Å². The summed E-state index contributed by atoms with van der Waals surface area (Å²) in [5, 5.41) is 21.0. The van der Waals surface area contributed by atoms with E-state index in [1.165, 1.54) is 18.2 Å². The first-order valence-electron chi connectivity index (χ1n) is 6.37. The number of hydrogen-bond acceptors (Lipinski definition) is 4. The van der Waals surface area contributed by atoms with Crippen LogP contribution < -0.4 is 5.32 Å². The van der Waals surface area contributed by atoms with Crippen LogP contribution in [0.1, 0.15) is 36.0 Å². The average Bonchev–Trinajstić information content (AvgIpc) is 2.33. The van der Waals surface area contributed by atoms with Crippen LogP contribution in [0.5, 0.6) is 5.75 Å². The minimum atomic E-state index is -1.21. The number of carboxylic acid groups (broad SMARTS) is 1. The Hall–Kier alpha value is -2.08. The fraction of sp³-hybridized carbons (Fsp3) is 0.429. The first-order chi connectivity index (χ1) is 9.46. The molecule has 3 N–H and O–H groups in total. The Bertz CT molecular complexity index is 531. The fourth-order valence-corrected chi connectivity index (χ4v) is 2.31. The molecule has 0 unspecified atom stereocenters. The zero-order valence-corrected chi connectivity index (χ0v) is 11.2. The molecule has 108 valence electrons. The Morgan fingerprint density at radius 3 is 2.55 bits per heavy atom. The van der Waals surface area contributed by atoms with E-state index >= 15 is 0 Å². The molecular weight excluding hydrogens is 262 g/mol. The molecule has 1 fully saturated rings. The van der Waals surface area contributed by atoms with Crippen molar-refractivity contribution in [2.75, 3.05) is 12.4 Å². The summed E-state index contributed by atoms with van der Waals surface area (Å²) in [6.07, 6.45) is 3.03. The van der Waals surface area contributed by atoms with Gasteiger partial charge in [0, 0.05) is 18.9 Å². The molecule has 0 bridgehead atoms. The first-order valence-corrected chi connectivity index (χ1v) is 6.37. The summed E-state index contributed by atoms with van der Waals surface area (Å²) >= 11 is 0. The third kappa shape index (κ3) is 2.91. The smallest absolute Gasteiger partial charge is 0.339 e. The van der Waals surface area contributed by atoms with Gasteiger partial charge in [0.2, 0.25) is 5.91 Å². The van der Waals surface area contributed by atoms with Crippen molar-refractivity contribution in [3.05, 3.63) is 23.8 Å². The van der Waals surface area contributed by atoms with Crippen molar-refractivity contribution < 1.29 is 24.5 Å². The molecule has 6 nitrogen and oxygen atoms in total. The minimum absolute atomic E-state index is 0.199. The topological polar surface area (TPSA) is 95.9 Å². The van der Waals surface area contributed by atoms with Crippen LogP contribution in [0, 0.1) is 0 Å². The van der Waals surface area contributed by atoms with Gasteiger partial charge in [-0.3, -0.25) is 4.79 Å². The number of methoxy groups -OCH3 is 1. The van der Waals surface area contributed by atoms with Crippen molar-refractivity contribution in [3.63, 3.8) is 0 Å². The molecule has 1 saturated carbocycles. The fourth-order valence-electron chi connectivity index (χ4n) is 2.31. The summed E-state index contributed by atoms with van der Waals surface area (Å²) in [5.41, 5.74) is -0.203. The maximum atomic E-state index is 11.9. The Kier molecular flexibility index (Phi) is 3.94. The number of ether oxygens (including phenoxy) is 1. The van der Waals surface area contributed by atoms with E-state index in [1.807, 2.05) is 0 Å². The van der Waals surface area contributed by atoms with Crippen LogP contribution in [0.15, 0.2) is 18.2 Å². The Labute approximate surface area is 116 Å². The number of anilines is 1. The summed E-state index contributed by atoms with van der Waals surface area (Å²) in [6, 6.07) is 3.92. The number of carbonyl (C=O) groups excluding carboxylic acids is 1. The SMILES string of the molecule is COC1(CC(=O)Nc2ccc(C(=O)O)c(O)c2)CCC1. The summed E-state index contributed by atoms with van der Waals surface area (Å²) in [4.78, 5) is 22.7. The second-order valence-corrected chi connectivity index (χ2v) is 5.00. The molecule has 0 aromatic heterocycles. The van der Waals surface area contributed by atoms with Gasteiger partial charge >= 0.3 is 5.97 Å². The zero-order valence-electron chi connectivity index (χ0n) is 11.2. The second kappa shape index (κ2) is 5.50. The molecular formula is C14H17NO5. The van der Waals surface area contributed by atoms with Crippen LogP contribution in [-0.2, 0) is 9.53 Å². The van der Waals surface area contributed by atoms with Gasteiger partial charge in [0.15, 0.2) is 0 Å². The van der Waals surface area contributed by atoms with E-state index in [2.05, 4.69) is 5.32 Å². The molecule has 0 saturated heterocycles. The lowest BCUT2D eigenvalue weighted by Crippen LogP contribution is -2.42. The van der Waals surface area contributed by atoms with Crippen molar-refractivity contribution >= 4 is 17.6 Å². The van der Waals surface area contributed by atoms with Gasteiger partial charge in [-0.25, -0.2) is 4.79 Å². The third-order valence-corrected chi connectivity index (χ3v) is 3.69. The van der Waals surface area contributed by atoms with E-state index in [-0.39, 0.29) is 29.2 Å². The standard InChI is InChI=1S/C14H17NO5/c1-20-14(5-2-6-14)8-12(17)15-9-3-4-10(13(18)19)11(16)7-9/h3-4,7,16H,2,5-6,8H2,1H3,(H,15,17)(H,18,19). The maximum absolute atomic E-state index is 11.9. The Morgan fingerprint density at radius 2 is 2.10 bits per heavy atom. The number of carbonyl (C=O) groups is 2. The molecule has 0 spiro atoms. The maximum Gasteiger partial charge on any atom is 0.339 e. The Morgan fingerprint density at radius 1 is 1.40 bits per heavy atom. The van der Waals surface area contributed by atoms with Crippen LogP contribution in [-0.4, -0.2) is 34.8 Å². The van der Waals surface area contributed by atoms with Crippen molar-refractivity contribution in [1.82, 2.24) is 0 Å². The number of nitrogens with one attached hydrogen (secondary N) is 1. The average molecular weight is 279 g/mol. The molecule has 0 radical (unpaired) electrons. The molecule has 6 heteroatoms. The summed E-state index contributed by atoms with van der Waals surface area (Å²) in [6.45, 7) is 0. The molecule has 0 heterocycles. The van der Waals surface area contributed by atoms with Crippen LogP contribution in [0.2, 0.25) is 0 Å². The van der Waals surface area contributed by atoms with E-state index in [0.29, 0.717) is 5.69 Å². The number of amides is 1. The van der Waals surface area contributed by atoms with E-state index in [9.17, 15) is 14.7 Å². The van der Waals surface area contributed by atoms with Crippen LogP contribution >= 0.6 is 0 Å². The molecule has 1 aromatic carbocycles. The molecule has 1 amide bonds. The number of rotatable bonds is 5. The highest BCUT2D eigenvalue weighted by Gasteiger charge is 2.38. The molecule has 1 aliphatic rings. The van der Waals surface area contributed by atoms with Gasteiger partial charge in [-0.2, -0.15) is 0 Å². The molecule has 2 rings (SSSR count). The highest BCUT2D eigenvalue weighted by molar-refractivity contribution is 5.94.